The van der Waals surface area contributed by atoms with Crippen LogP contribution in [0, 0.1) is 6.92 Å². The predicted molar refractivity (Wildman–Crippen MR) is 92.6 cm³/mol. The van der Waals surface area contributed by atoms with Gasteiger partial charge in [-0.1, -0.05) is 48.9 Å². The third-order valence-corrected chi connectivity index (χ3v) is 4.06. The van der Waals surface area contributed by atoms with Gasteiger partial charge >= 0.3 is 0 Å². The van der Waals surface area contributed by atoms with Crippen LogP contribution in [0.1, 0.15) is 23.9 Å². The lowest BCUT2D eigenvalue weighted by atomic mass is 10.1. The van der Waals surface area contributed by atoms with E-state index in [2.05, 4.69) is 47.6 Å². The molecule has 1 N–H and O–H groups in total. The fourth-order valence-corrected chi connectivity index (χ4v) is 2.73. The van der Waals surface area contributed by atoms with Gasteiger partial charge in [-0.15, -0.1) is 10.2 Å². The number of aryl methyl sites for hydroxylation is 2. The number of nitrogens with zero attached hydrogens (tertiary/aromatic N) is 2. The molecule has 0 spiro atoms. The van der Waals surface area contributed by atoms with Gasteiger partial charge in [-0.05, 0) is 36.6 Å². The number of rotatable bonds is 5. The van der Waals surface area contributed by atoms with Crippen LogP contribution in [-0.2, 0) is 13.0 Å². The summed E-state index contributed by atoms with van der Waals surface area (Å²) in [5.41, 5.74) is 4.36. The minimum absolute atomic E-state index is 0.438. The zero-order valence-corrected chi connectivity index (χ0v) is 13.9. The Morgan fingerprint density at radius 2 is 1.91 bits per heavy atom. The molecule has 1 aromatic heterocycles. The second kappa shape index (κ2) is 6.84. The van der Waals surface area contributed by atoms with E-state index < -0.39 is 0 Å². The van der Waals surface area contributed by atoms with Crippen molar-refractivity contribution in [2.75, 3.05) is 5.32 Å². The number of nitrogens with one attached hydrogen (secondary N) is 1. The second-order valence-corrected chi connectivity index (χ2v) is 5.70. The molecule has 2 aromatic carbocycles. The molecular formula is C18H18ClN3O. The Labute approximate surface area is 140 Å². The third kappa shape index (κ3) is 3.37. The standard InChI is InChI=1S/C18H18ClN3O/c1-3-13-8-6-7-12(2)17(13)20-11-16-21-22-18(23-16)14-9-4-5-10-15(14)19/h4-10,20H,3,11H2,1-2H3. The molecule has 0 radical (unpaired) electrons. The molecule has 0 atom stereocenters. The van der Waals surface area contributed by atoms with Gasteiger partial charge in [0.25, 0.3) is 0 Å². The molecule has 3 rings (SSSR count). The Bertz CT molecular complexity index is 814. The largest absolute Gasteiger partial charge is 0.419 e. The van der Waals surface area contributed by atoms with Crippen molar-refractivity contribution in [1.82, 2.24) is 10.2 Å². The molecular weight excluding hydrogens is 310 g/mol. The van der Waals surface area contributed by atoms with Gasteiger partial charge in [0, 0.05) is 5.69 Å². The van der Waals surface area contributed by atoms with E-state index in [9.17, 15) is 0 Å². The lowest BCUT2D eigenvalue weighted by Crippen LogP contribution is -2.04. The highest BCUT2D eigenvalue weighted by atomic mass is 35.5. The van der Waals surface area contributed by atoms with E-state index in [-0.39, 0.29) is 0 Å². The van der Waals surface area contributed by atoms with Gasteiger partial charge in [-0.2, -0.15) is 0 Å². The molecule has 0 bridgehead atoms. The molecule has 0 fully saturated rings. The normalized spacial score (nSPS) is 10.7. The highest BCUT2D eigenvalue weighted by Crippen LogP contribution is 2.27. The molecule has 5 heteroatoms. The van der Waals surface area contributed by atoms with Crippen LogP contribution in [-0.4, -0.2) is 10.2 Å². The van der Waals surface area contributed by atoms with Gasteiger partial charge in [-0.3, -0.25) is 0 Å². The molecule has 0 amide bonds. The van der Waals surface area contributed by atoms with Crippen LogP contribution >= 0.6 is 11.6 Å². The van der Waals surface area contributed by atoms with Crippen molar-refractivity contribution >= 4 is 17.3 Å². The molecule has 0 aliphatic heterocycles. The number of hydrogen-bond donors (Lipinski definition) is 1. The van der Waals surface area contributed by atoms with Crippen LogP contribution in [0.3, 0.4) is 0 Å². The summed E-state index contributed by atoms with van der Waals surface area (Å²) in [6, 6.07) is 13.7. The number of anilines is 1. The van der Waals surface area contributed by atoms with E-state index in [0.29, 0.717) is 23.3 Å². The molecule has 118 valence electrons. The average molecular weight is 328 g/mol. The van der Waals surface area contributed by atoms with E-state index in [1.54, 1.807) is 6.07 Å². The van der Waals surface area contributed by atoms with E-state index in [0.717, 1.165) is 17.7 Å². The molecule has 0 unspecified atom stereocenters. The fraction of sp³-hybridized carbons (Fsp3) is 0.222. The van der Waals surface area contributed by atoms with Crippen molar-refractivity contribution in [3.8, 4) is 11.5 Å². The summed E-state index contributed by atoms with van der Waals surface area (Å²) in [5.74, 6) is 0.970. The maximum atomic E-state index is 6.16. The molecule has 4 nitrogen and oxygen atoms in total. The van der Waals surface area contributed by atoms with Crippen LogP contribution in [0.25, 0.3) is 11.5 Å². The summed E-state index contributed by atoms with van der Waals surface area (Å²) in [5, 5.41) is 12.2. The minimum Gasteiger partial charge on any atom is -0.419 e. The molecule has 1 heterocycles. The van der Waals surface area contributed by atoms with Crippen LogP contribution in [0.2, 0.25) is 5.02 Å². The summed E-state index contributed by atoms with van der Waals surface area (Å²) in [4.78, 5) is 0. The molecule has 23 heavy (non-hydrogen) atoms. The first-order valence-electron chi connectivity index (χ1n) is 7.58. The number of halogens is 1. The van der Waals surface area contributed by atoms with Crippen molar-refractivity contribution in [3.05, 3.63) is 64.5 Å². The Morgan fingerprint density at radius 3 is 2.70 bits per heavy atom. The number of hydrogen-bond acceptors (Lipinski definition) is 4. The minimum atomic E-state index is 0.438. The zero-order chi connectivity index (χ0) is 16.2. The van der Waals surface area contributed by atoms with Gasteiger partial charge in [0.2, 0.25) is 11.8 Å². The van der Waals surface area contributed by atoms with Crippen molar-refractivity contribution in [2.45, 2.75) is 26.8 Å². The quantitative estimate of drug-likeness (QED) is 0.726. The zero-order valence-electron chi connectivity index (χ0n) is 13.1. The third-order valence-electron chi connectivity index (χ3n) is 3.73. The maximum absolute atomic E-state index is 6.16. The Balaban J connectivity index is 1.77. The van der Waals surface area contributed by atoms with Crippen molar-refractivity contribution in [1.29, 1.82) is 0 Å². The first-order chi connectivity index (χ1) is 11.2. The van der Waals surface area contributed by atoms with Crippen molar-refractivity contribution in [2.24, 2.45) is 0 Å². The van der Waals surface area contributed by atoms with Gasteiger partial charge < -0.3 is 9.73 Å². The Morgan fingerprint density at radius 1 is 1.09 bits per heavy atom. The number of benzene rings is 2. The van der Waals surface area contributed by atoms with Gasteiger partial charge in [-0.25, -0.2) is 0 Å². The first kappa shape index (κ1) is 15.6. The predicted octanol–water partition coefficient (Wildman–Crippen LogP) is 4.87. The average Bonchev–Trinajstić information content (AvgIpc) is 3.02. The summed E-state index contributed by atoms with van der Waals surface area (Å²) in [6.07, 6.45) is 0.971. The molecule has 3 aromatic rings. The van der Waals surface area contributed by atoms with Crippen molar-refractivity contribution < 1.29 is 4.42 Å². The lowest BCUT2D eigenvalue weighted by molar-refractivity contribution is 0.515. The van der Waals surface area contributed by atoms with E-state index in [4.69, 9.17) is 16.0 Å². The summed E-state index contributed by atoms with van der Waals surface area (Å²) in [7, 11) is 0. The monoisotopic (exact) mass is 327 g/mol. The molecule has 0 saturated heterocycles. The van der Waals surface area contributed by atoms with E-state index >= 15 is 0 Å². The highest BCUT2D eigenvalue weighted by molar-refractivity contribution is 6.33. The highest BCUT2D eigenvalue weighted by Gasteiger charge is 2.12. The van der Waals surface area contributed by atoms with Gasteiger partial charge in [0.1, 0.15) is 0 Å². The van der Waals surface area contributed by atoms with E-state index in [1.165, 1.54) is 11.1 Å². The number of para-hydroxylation sites is 1. The lowest BCUT2D eigenvalue weighted by Gasteiger charge is -2.12. The molecule has 0 saturated carbocycles. The van der Waals surface area contributed by atoms with Crippen LogP contribution in [0.5, 0.6) is 0 Å². The summed E-state index contributed by atoms with van der Waals surface area (Å²) >= 11 is 6.16. The van der Waals surface area contributed by atoms with Gasteiger partial charge in [0.05, 0.1) is 17.1 Å². The Kier molecular flexibility index (Phi) is 4.63. The fourth-order valence-electron chi connectivity index (χ4n) is 2.51. The topological polar surface area (TPSA) is 51.0 Å². The van der Waals surface area contributed by atoms with Crippen LogP contribution in [0.4, 0.5) is 5.69 Å². The van der Waals surface area contributed by atoms with Crippen LogP contribution < -0.4 is 5.32 Å². The summed E-state index contributed by atoms with van der Waals surface area (Å²) in [6.45, 7) is 4.71. The first-order valence-corrected chi connectivity index (χ1v) is 7.96. The van der Waals surface area contributed by atoms with E-state index in [1.807, 2.05) is 18.2 Å². The second-order valence-electron chi connectivity index (χ2n) is 5.30. The summed E-state index contributed by atoms with van der Waals surface area (Å²) < 4.78 is 5.72. The number of aromatic nitrogens is 2. The smallest absolute Gasteiger partial charge is 0.249 e. The Hall–Kier alpha value is -2.33. The van der Waals surface area contributed by atoms with Crippen LogP contribution in [0.15, 0.2) is 46.9 Å². The van der Waals surface area contributed by atoms with Crippen molar-refractivity contribution in [3.63, 3.8) is 0 Å². The maximum Gasteiger partial charge on any atom is 0.249 e. The molecule has 0 aliphatic rings. The SMILES string of the molecule is CCc1cccc(C)c1NCc1nnc(-c2ccccc2Cl)o1. The van der Waals surface area contributed by atoms with Gasteiger partial charge in [0.15, 0.2) is 0 Å². The molecule has 0 aliphatic carbocycles.